The molecule has 152 valence electrons. The molecule has 1 fully saturated rings. The standard InChI is InChI=1S/C22H31N3O3/c1-15(2)23-22(26)21-16(3)20(24-9-11-28-12-10-24)17(4)25(21)14-18-7-6-8-19(13-18)27-5/h6-8,13,15H,9-12,14H2,1-5H3,(H,23,26). The fourth-order valence-electron chi connectivity index (χ4n) is 3.91. The molecule has 3 rings (SSSR count). The fourth-order valence-corrected chi connectivity index (χ4v) is 3.91. The number of morpholine rings is 1. The Hall–Kier alpha value is -2.47. The van der Waals surface area contributed by atoms with E-state index in [1.54, 1.807) is 7.11 Å². The third kappa shape index (κ3) is 4.17. The molecule has 1 saturated heterocycles. The smallest absolute Gasteiger partial charge is 0.268 e. The molecule has 2 heterocycles. The number of rotatable bonds is 6. The Morgan fingerprint density at radius 3 is 2.61 bits per heavy atom. The molecule has 1 aromatic heterocycles. The summed E-state index contributed by atoms with van der Waals surface area (Å²) in [6.45, 7) is 11.9. The van der Waals surface area contributed by atoms with Crippen LogP contribution in [0.3, 0.4) is 0 Å². The van der Waals surface area contributed by atoms with Crippen LogP contribution in [0.25, 0.3) is 0 Å². The topological polar surface area (TPSA) is 55.7 Å². The highest BCUT2D eigenvalue weighted by molar-refractivity contribution is 5.96. The summed E-state index contributed by atoms with van der Waals surface area (Å²) in [6, 6.07) is 8.09. The molecule has 1 N–H and O–H groups in total. The fraction of sp³-hybridized carbons (Fsp3) is 0.500. The van der Waals surface area contributed by atoms with Crippen LogP contribution in [-0.4, -0.2) is 49.9 Å². The van der Waals surface area contributed by atoms with Crippen molar-refractivity contribution >= 4 is 11.6 Å². The molecule has 28 heavy (non-hydrogen) atoms. The first-order chi connectivity index (χ1) is 13.4. The minimum absolute atomic E-state index is 0.0296. The van der Waals surface area contributed by atoms with Crippen molar-refractivity contribution in [1.29, 1.82) is 0 Å². The van der Waals surface area contributed by atoms with Gasteiger partial charge >= 0.3 is 0 Å². The van der Waals surface area contributed by atoms with Crippen LogP contribution < -0.4 is 15.0 Å². The molecule has 0 bridgehead atoms. The number of carbonyl (C=O) groups is 1. The first-order valence-corrected chi connectivity index (χ1v) is 9.88. The lowest BCUT2D eigenvalue weighted by Gasteiger charge is -2.29. The minimum atomic E-state index is -0.0296. The number of ether oxygens (including phenoxy) is 2. The van der Waals surface area contributed by atoms with Gasteiger partial charge in [0.2, 0.25) is 0 Å². The monoisotopic (exact) mass is 385 g/mol. The van der Waals surface area contributed by atoms with E-state index in [-0.39, 0.29) is 11.9 Å². The van der Waals surface area contributed by atoms with Crippen molar-refractivity contribution in [3.63, 3.8) is 0 Å². The molecule has 0 aliphatic carbocycles. The van der Waals surface area contributed by atoms with Crippen LogP contribution in [0, 0.1) is 13.8 Å². The number of amides is 1. The Bertz CT molecular complexity index is 836. The number of anilines is 1. The van der Waals surface area contributed by atoms with Crippen molar-refractivity contribution in [1.82, 2.24) is 9.88 Å². The second kappa shape index (κ2) is 8.69. The minimum Gasteiger partial charge on any atom is -0.497 e. The number of methoxy groups -OCH3 is 1. The Morgan fingerprint density at radius 2 is 1.96 bits per heavy atom. The van der Waals surface area contributed by atoms with Crippen LogP contribution in [0.1, 0.15) is 41.2 Å². The van der Waals surface area contributed by atoms with Gasteiger partial charge in [-0.1, -0.05) is 12.1 Å². The quantitative estimate of drug-likeness (QED) is 0.830. The molecular weight excluding hydrogens is 354 g/mol. The van der Waals surface area contributed by atoms with Gasteiger partial charge in [-0.2, -0.15) is 0 Å². The summed E-state index contributed by atoms with van der Waals surface area (Å²) in [4.78, 5) is 15.4. The van der Waals surface area contributed by atoms with Gasteiger partial charge in [0.25, 0.3) is 5.91 Å². The van der Waals surface area contributed by atoms with Crippen molar-refractivity contribution in [3.05, 3.63) is 46.8 Å². The van der Waals surface area contributed by atoms with Gasteiger partial charge in [-0.3, -0.25) is 4.79 Å². The van der Waals surface area contributed by atoms with Crippen LogP contribution in [0.2, 0.25) is 0 Å². The number of aromatic nitrogens is 1. The molecule has 0 unspecified atom stereocenters. The Morgan fingerprint density at radius 1 is 1.25 bits per heavy atom. The summed E-state index contributed by atoms with van der Waals surface area (Å²) in [5, 5.41) is 3.06. The van der Waals surface area contributed by atoms with Crippen LogP contribution in [0.5, 0.6) is 5.75 Å². The molecule has 0 radical (unpaired) electrons. The van der Waals surface area contributed by atoms with Gasteiger partial charge in [0.05, 0.1) is 26.0 Å². The van der Waals surface area contributed by atoms with E-state index in [4.69, 9.17) is 9.47 Å². The summed E-state index contributed by atoms with van der Waals surface area (Å²) in [5.41, 5.74) is 5.12. The molecule has 0 spiro atoms. The van der Waals surface area contributed by atoms with Gasteiger partial charge in [0, 0.05) is 36.9 Å². The molecule has 6 heteroatoms. The number of nitrogens with zero attached hydrogens (tertiary/aromatic N) is 2. The third-order valence-electron chi connectivity index (χ3n) is 5.16. The average molecular weight is 386 g/mol. The lowest BCUT2D eigenvalue weighted by molar-refractivity contribution is 0.0933. The maximum Gasteiger partial charge on any atom is 0.268 e. The zero-order valence-electron chi connectivity index (χ0n) is 17.5. The van der Waals surface area contributed by atoms with Gasteiger partial charge < -0.3 is 24.3 Å². The second-order valence-electron chi connectivity index (χ2n) is 7.57. The highest BCUT2D eigenvalue weighted by atomic mass is 16.5. The maximum atomic E-state index is 13.1. The van der Waals surface area contributed by atoms with E-state index in [9.17, 15) is 4.79 Å². The predicted octanol–water partition coefficient (Wildman–Crippen LogP) is 3.14. The van der Waals surface area contributed by atoms with Crippen molar-refractivity contribution < 1.29 is 14.3 Å². The molecule has 1 aliphatic rings. The van der Waals surface area contributed by atoms with Crippen molar-refractivity contribution in [2.75, 3.05) is 38.3 Å². The first-order valence-electron chi connectivity index (χ1n) is 9.88. The highest BCUT2D eigenvalue weighted by Crippen LogP contribution is 2.32. The van der Waals surface area contributed by atoms with Gasteiger partial charge in [0.15, 0.2) is 0 Å². The van der Waals surface area contributed by atoms with Crippen molar-refractivity contribution in [2.24, 2.45) is 0 Å². The van der Waals surface area contributed by atoms with E-state index < -0.39 is 0 Å². The van der Waals surface area contributed by atoms with Gasteiger partial charge in [0.1, 0.15) is 11.4 Å². The van der Waals surface area contributed by atoms with E-state index in [2.05, 4.69) is 34.7 Å². The van der Waals surface area contributed by atoms with Crippen molar-refractivity contribution in [3.8, 4) is 5.75 Å². The average Bonchev–Trinajstić information content (AvgIpc) is 2.92. The van der Waals surface area contributed by atoms with Gasteiger partial charge in [-0.05, 0) is 45.4 Å². The summed E-state index contributed by atoms with van der Waals surface area (Å²) >= 11 is 0. The summed E-state index contributed by atoms with van der Waals surface area (Å²) in [6.07, 6.45) is 0. The molecule has 1 aromatic carbocycles. The maximum absolute atomic E-state index is 13.1. The normalized spacial score (nSPS) is 14.4. The number of nitrogens with one attached hydrogen (secondary N) is 1. The second-order valence-corrected chi connectivity index (χ2v) is 7.57. The van der Waals surface area contributed by atoms with Crippen molar-refractivity contribution in [2.45, 2.75) is 40.3 Å². The zero-order valence-corrected chi connectivity index (χ0v) is 17.5. The Kier molecular flexibility index (Phi) is 6.29. The van der Waals surface area contributed by atoms with E-state index in [0.717, 1.165) is 47.0 Å². The van der Waals surface area contributed by atoms with E-state index >= 15 is 0 Å². The molecule has 6 nitrogen and oxygen atoms in total. The highest BCUT2D eigenvalue weighted by Gasteiger charge is 2.27. The predicted molar refractivity (Wildman–Crippen MR) is 112 cm³/mol. The lowest BCUT2D eigenvalue weighted by Crippen LogP contribution is -2.37. The van der Waals surface area contributed by atoms with E-state index in [0.29, 0.717) is 19.8 Å². The largest absolute Gasteiger partial charge is 0.497 e. The molecular formula is C22H31N3O3. The first kappa shape index (κ1) is 20.3. The lowest BCUT2D eigenvalue weighted by atomic mass is 10.1. The van der Waals surface area contributed by atoms with E-state index in [1.807, 2.05) is 32.0 Å². The van der Waals surface area contributed by atoms with Gasteiger partial charge in [-0.25, -0.2) is 0 Å². The van der Waals surface area contributed by atoms with Gasteiger partial charge in [-0.15, -0.1) is 0 Å². The summed E-state index contributed by atoms with van der Waals surface area (Å²) in [7, 11) is 1.67. The number of hydrogen-bond donors (Lipinski definition) is 1. The summed E-state index contributed by atoms with van der Waals surface area (Å²) in [5.74, 6) is 0.790. The zero-order chi connectivity index (χ0) is 20.3. The Balaban J connectivity index is 2.05. The van der Waals surface area contributed by atoms with Crippen LogP contribution in [0.4, 0.5) is 5.69 Å². The number of benzene rings is 1. The molecule has 2 aromatic rings. The van der Waals surface area contributed by atoms with Crippen LogP contribution in [-0.2, 0) is 11.3 Å². The molecule has 0 saturated carbocycles. The number of hydrogen-bond acceptors (Lipinski definition) is 4. The molecule has 1 amide bonds. The third-order valence-corrected chi connectivity index (χ3v) is 5.16. The Labute approximate surface area is 167 Å². The number of carbonyl (C=O) groups excluding carboxylic acids is 1. The molecule has 0 atom stereocenters. The van der Waals surface area contributed by atoms with Crippen LogP contribution in [0.15, 0.2) is 24.3 Å². The molecule has 1 aliphatic heterocycles. The summed E-state index contributed by atoms with van der Waals surface area (Å²) < 4.78 is 13.0. The van der Waals surface area contributed by atoms with Crippen LogP contribution >= 0.6 is 0 Å². The SMILES string of the molecule is COc1cccc(Cn2c(C)c(N3CCOCC3)c(C)c2C(=O)NC(C)C)c1. The van der Waals surface area contributed by atoms with E-state index in [1.165, 1.54) is 0 Å².